The number of hydrogen-bond acceptors (Lipinski definition) is 6. The van der Waals surface area contributed by atoms with Crippen LogP contribution < -0.4 is 4.90 Å². The van der Waals surface area contributed by atoms with Crippen molar-refractivity contribution in [2.24, 2.45) is 0 Å². The highest BCUT2D eigenvalue weighted by Gasteiger charge is 2.27. The van der Waals surface area contributed by atoms with Crippen LogP contribution in [0.15, 0.2) is 17.5 Å². The first kappa shape index (κ1) is 15.9. The van der Waals surface area contributed by atoms with Gasteiger partial charge in [-0.05, 0) is 31.9 Å². The quantitative estimate of drug-likeness (QED) is 0.864. The highest BCUT2D eigenvalue weighted by atomic mass is 32.1. The Hall–Kier alpha value is -2.02. The van der Waals surface area contributed by atoms with Gasteiger partial charge in [0, 0.05) is 44.2 Å². The van der Waals surface area contributed by atoms with Crippen molar-refractivity contribution >= 4 is 23.1 Å². The van der Waals surface area contributed by atoms with Gasteiger partial charge in [0.2, 0.25) is 0 Å². The van der Waals surface area contributed by atoms with Crippen molar-refractivity contribution in [3.8, 4) is 0 Å². The highest BCUT2D eigenvalue weighted by molar-refractivity contribution is 7.09. The summed E-state index contributed by atoms with van der Waals surface area (Å²) in [5.74, 6) is 1.04. The van der Waals surface area contributed by atoms with Crippen LogP contribution in [0.4, 0.5) is 5.82 Å². The van der Waals surface area contributed by atoms with Crippen molar-refractivity contribution in [1.82, 2.24) is 20.1 Å². The molecule has 3 heterocycles. The van der Waals surface area contributed by atoms with E-state index in [0.717, 1.165) is 35.9 Å². The van der Waals surface area contributed by atoms with Gasteiger partial charge in [-0.15, -0.1) is 21.5 Å². The van der Waals surface area contributed by atoms with Crippen LogP contribution in [0.1, 0.15) is 39.9 Å². The number of carbonyl (C=O) groups excluding carboxylic acids is 1. The minimum Gasteiger partial charge on any atom is -0.361 e. The van der Waals surface area contributed by atoms with E-state index in [1.807, 2.05) is 36.9 Å². The van der Waals surface area contributed by atoms with E-state index < -0.39 is 0 Å². The first-order chi connectivity index (χ1) is 11.0. The molecule has 0 N–H and O–H groups in total. The number of thiazole rings is 1. The summed E-state index contributed by atoms with van der Waals surface area (Å²) in [6.07, 6.45) is 2.08. The van der Waals surface area contributed by atoms with Gasteiger partial charge in [-0.1, -0.05) is 0 Å². The molecule has 0 radical (unpaired) electrons. The zero-order chi connectivity index (χ0) is 16.4. The largest absolute Gasteiger partial charge is 0.361 e. The molecule has 0 bridgehead atoms. The van der Waals surface area contributed by atoms with Crippen LogP contribution in [0.2, 0.25) is 0 Å². The number of anilines is 1. The Kier molecular flexibility index (Phi) is 4.56. The maximum Gasteiger partial charge on any atom is 0.274 e. The third-order valence-corrected chi connectivity index (χ3v) is 5.15. The summed E-state index contributed by atoms with van der Waals surface area (Å²) in [5, 5.41) is 11.4. The van der Waals surface area contributed by atoms with Crippen LogP contribution in [0.3, 0.4) is 0 Å². The molecule has 7 heteroatoms. The molecule has 0 unspecified atom stereocenters. The van der Waals surface area contributed by atoms with E-state index in [2.05, 4.69) is 20.6 Å². The molecule has 122 valence electrons. The molecule has 2 aromatic heterocycles. The van der Waals surface area contributed by atoms with E-state index in [-0.39, 0.29) is 5.91 Å². The topological polar surface area (TPSA) is 62.2 Å². The molecule has 6 nitrogen and oxygen atoms in total. The molecule has 1 saturated heterocycles. The molecule has 23 heavy (non-hydrogen) atoms. The Balaban J connectivity index is 1.71. The van der Waals surface area contributed by atoms with Crippen molar-refractivity contribution in [1.29, 1.82) is 0 Å². The second-order valence-electron chi connectivity index (χ2n) is 6.09. The normalized spacial score (nSPS) is 18.0. The third-order valence-electron chi connectivity index (χ3n) is 4.02. The van der Waals surface area contributed by atoms with Gasteiger partial charge in [0.15, 0.2) is 11.5 Å². The minimum absolute atomic E-state index is 0.0409. The minimum atomic E-state index is -0.0409. The number of piperidine rings is 1. The van der Waals surface area contributed by atoms with Crippen molar-refractivity contribution in [3.63, 3.8) is 0 Å². The molecule has 1 amide bonds. The van der Waals surface area contributed by atoms with Crippen LogP contribution in [0.5, 0.6) is 0 Å². The fraction of sp³-hybridized carbons (Fsp3) is 0.500. The van der Waals surface area contributed by atoms with Gasteiger partial charge in [0.1, 0.15) is 0 Å². The first-order valence-electron chi connectivity index (χ1n) is 7.77. The fourth-order valence-corrected chi connectivity index (χ4v) is 3.69. The Labute approximate surface area is 140 Å². The van der Waals surface area contributed by atoms with E-state index >= 15 is 0 Å². The Bertz CT molecular complexity index is 682. The molecule has 1 atom stereocenters. The molecular formula is C16H21N5OS. The van der Waals surface area contributed by atoms with Gasteiger partial charge in [-0.3, -0.25) is 4.79 Å². The Morgan fingerprint density at radius 1 is 1.35 bits per heavy atom. The number of aromatic nitrogens is 3. The number of aryl methyl sites for hydroxylation is 1. The molecule has 3 rings (SSSR count). The van der Waals surface area contributed by atoms with Gasteiger partial charge in [-0.25, -0.2) is 4.98 Å². The van der Waals surface area contributed by atoms with Gasteiger partial charge in [-0.2, -0.15) is 0 Å². The summed E-state index contributed by atoms with van der Waals surface area (Å²) in [6, 6.07) is 3.58. The first-order valence-corrected chi connectivity index (χ1v) is 8.65. The van der Waals surface area contributed by atoms with Crippen molar-refractivity contribution in [2.45, 2.75) is 25.7 Å². The lowest BCUT2D eigenvalue weighted by Crippen LogP contribution is -2.39. The van der Waals surface area contributed by atoms with Crippen LogP contribution in [-0.2, 0) is 0 Å². The maximum atomic E-state index is 12.7. The number of likely N-dealkylation sites (tertiary alicyclic amines) is 1. The molecule has 0 spiro atoms. The summed E-state index contributed by atoms with van der Waals surface area (Å²) in [4.78, 5) is 21.0. The highest BCUT2D eigenvalue weighted by Crippen LogP contribution is 2.29. The summed E-state index contributed by atoms with van der Waals surface area (Å²) in [5.41, 5.74) is 1.46. The molecule has 1 aliphatic heterocycles. The number of hydrogen-bond donors (Lipinski definition) is 0. The molecule has 0 aliphatic carbocycles. The maximum absolute atomic E-state index is 12.7. The molecule has 0 aromatic carbocycles. The van der Waals surface area contributed by atoms with Crippen LogP contribution >= 0.6 is 11.3 Å². The zero-order valence-electron chi connectivity index (χ0n) is 13.7. The summed E-state index contributed by atoms with van der Waals surface area (Å²) < 4.78 is 0. The van der Waals surface area contributed by atoms with E-state index in [1.165, 1.54) is 0 Å². The smallest absolute Gasteiger partial charge is 0.274 e. The van der Waals surface area contributed by atoms with Crippen molar-refractivity contribution in [3.05, 3.63) is 33.9 Å². The lowest BCUT2D eigenvalue weighted by atomic mass is 9.98. The van der Waals surface area contributed by atoms with E-state index in [9.17, 15) is 4.79 Å². The lowest BCUT2D eigenvalue weighted by molar-refractivity contribution is 0.0700. The van der Waals surface area contributed by atoms with E-state index in [4.69, 9.17) is 0 Å². The zero-order valence-corrected chi connectivity index (χ0v) is 14.5. The molecule has 2 aromatic rings. The van der Waals surface area contributed by atoms with Crippen molar-refractivity contribution in [2.75, 3.05) is 32.1 Å². The van der Waals surface area contributed by atoms with Crippen molar-refractivity contribution < 1.29 is 4.79 Å². The number of carbonyl (C=O) groups is 1. The number of amides is 1. The van der Waals surface area contributed by atoms with Gasteiger partial charge in [0.05, 0.1) is 5.01 Å². The second kappa shape index (κ2) is 6.62. The predicted octanol–water partition coefficient (Wildman–Crippen LogP) is 2.33. The van der Waals surface area contributed by atoms with E-state index in [0.29, 0.717) is 18.2 Å². The van der Waals surface area contributed by atoms with Gasteiger partial charge in [0.25, 0.3) is 5.91 Å². The third kappa shape index (κ3) is 3.50. The molecule has 1 aliphatic rings. The molecule has 0 saturated carbocycles. The van der Waals surface area contributed by atoms with Crippen LogP contribution in [0.25, 0.3) is 0 Å². The molecule has 1 fully saturated rings. The van der Waals surface area contributed by atoms with Gasteiger partial charge >= 0.3 is 0 Å². The number of rotatable bonds is 3. The average Bonchev–Trinajstić information content (AvgIpc) is 3.01. The Morgan fingerprint density at radius 2 is 2.17 bits per heavy atom. The van der Waals surface area contributed by atoms with E-state index in [1.54, 1.807) is 17.4 Å². The van der Waals surface area contributed by atoms with Gasteiger partial charge < -0.3 is 9.80 Å². The average molecular weight is 331 g/mol. The summed E-state index contributed by atoms with van der Waals surface area (Å²) in [7, 11) is 3.80. The fourth-order valence-electron chi connectivity index (χ4n) is 2.76. The number of nitrogens with zero attached hydrogens (tertiary/aromatic N) is 5. The summed E-state index contributed by atoms with van der Waals surface area (Å²) in [6.45, 7) is 3.49. The SMILES string of the molecule is Cc1csc([C@H]2CCCN(C(=O)c3ccc(N(C)C)nn3)C2)n1. The standard InChI is InChI=1S/C16H21N5OS/c1-11-10-23-15(17-11)12-5-4-8-21(9-12)16(22)13-6-7-14(19-18-13)20(2)3/h6-7,10,12H,4-5,8-9H2,1-3H3/t12-/m0/s1. The summed E-state index contributed by atoms with van der Waals surface area (Å²) >= 11 is 1.69. The monoisotopic (exact) mass is 331 g/mol. The van der Waals surface area contributed by atoms with Crippen LogP contribution in [0, 0.1) is 6.92 Å². The van der Waals surface area contributed by atoms with Crippen LogP contribution in [-0.4, -0.2) is 53.2 Å². The second-order valence-corrected chi connectivity index (χ2v) is 6.98. The lowest BCUT2D eigenvalue weighted by Gasteiger charge is -2.31. The Morgan fingerprint density at radius 3 is 2.78 bits per heavy atom. The predicted molar refractivity (Wildman–Crippen MR) is 91.1 cm³/mol. The molecular weight excluding hydrogens is 310 g/mol.